The molecule has 0 aliphatic heterocycles. The first kappa shape index (κ1) is 12.5. The normalized spacial score (nSPS) is 11.2. The predicted octanol–water partition coefficient (Wildman–Crippen LogP) is 3.07. The monoisotopic (exact) mass is 251 g/mol. The molecular weight excluding hydrogens is 236 g/mol. The number of nitrogen functional groups attached to an aromatic ring is 1. The molecule has 0 saturated carbocycles. The largest absolute Gasteiger partial charge is 0.396 e. The van der Waals surface area contributed by atoms with E-state index >= 15 is 0 Å². The molecule has 0 saturated heterocycles. The third kappa shape index (κ3) is 2.67. The summed E-state index contributed by atoms with van der Waals surface area (Å²) in [6.07, 6.45) is 1.68. The second kappa shape index (κ2) is 4.76. The van der Waals surface area contributed by atoms with E-state index in [0.29, 0.717) is 29.4 Å². The number of benzene rings is 1. The van der Waals surface area contributed by atoms with Crippen molar-refractivity contribution in [1.29, 1.82) is 0 Å². The molecule has 18 heavy (non-hydrogen) atoms. The fourth-order valence-corrected chi connectivity index (χ4v) is 1.82. The molecule has 1 aromatic heterocycles. The third-order valence-electron chi connectivity index (χ3n) is 2.48. The zero-order chi connectivity index (χ0) is 13.3. The van der Waals surface area contributed by atoms with Gasteiger partial charge < -0.3 is 5.73 Å². The SMILES string of the molecule is CC(C)Cn1cc(N)c(-c2cc(F)cc(F)c2)n1. The highest BCUT2D eigenvalue weighted by Gasteiger charge is 2.11. The van der Waals surface area contributed by atoms with Crippen molar-refractivity contribution in [3.05, 3.63) is 36.0 Å². The molecule has 0 radical (unpaired) electrons. The second-order valence-corrected chi connectivity index (χ2v) is 4.71. The van der Waals surface area contributed by atoms with Crippen LogP contribution in [-0.4, -0.2) is 9.78 Å². The molecule has 0 spiro atoms. The molecule has 2 N–H and O–H groups in total. The Hall–Kier alpha value is -1.91. The van der Waals surface area contributed by atoms with Crippen LogP contribution in [0.4, 0.5) is 14.5 Å². The number of hydrogen-bond donors (Lipinski definition) is 1. The second-order valence-electron chi connectivity index (χ2n) is 4.71. The van der Waals surface area contributed by atoms with Crippen LogP contribution in [0.5, 0.6) is 0 Å². The molecule has 1 aromatic carbocycles. The summed E-state index contributed by atoms with van der Waals surface area (Å²) in [5, 5.41) is 4.26. The molecule has 0 fully saturated rings. The van der Waals surface area contributed by atoms with Crippen LogP contribution in [0.3, 0.4) is 0 Å². The fourth-order valence-electron chi connectivity index (χ4n) is 1.82. The molecule has 0 aliphatic carbocycles. The van der Waals surface area contributed by atoms with Crippen molar-refractivity contribution < 1.29 is 8.78 Å². The number of nitrogens with two attached hydrogens (primary N) is 1. The number of hydrogen-bond acceptors (Lipinski definition) is 2. The summed E-state index contributed by atoms with van der Waals surface area (Å²) in [5.41, 5.74) is 7.00. The van der Waals surface area contributed by atoms with E-state index < -0.39 is 11.6 Å². The number of rotatable bonds is 3. The lowest BCUT2D eigenvalue weighted by atomic mass is 10.1. The summed E-state index contributed by atoms with van der Waals surface area (Å²) in [4.78, 5) is 0. The Morgan fingerprint density at radius 3 is 2.39 bits per heavy atom. The van der Waals surface area contributed by atoms with Gasteiger partial charge in [0.05, 0.1) is 5.69 Å². The average molecular weight is 251 g/mol. The summed E-state index contributed by atoms with van der Waals surface area (Å²) in [6, 6.07) is 3.27. The number of nitrogens with zero attached hydrogens (tertiary/aromatic N) is 2. The van der Waals surface area contributed by atoms with Gasteiger partial charge in [-0.25, -0.2) is 8.78 Å². The molecule has 0 unspecified atom stereocenters. The molecular formula is C13H15F2N3. The quantitative estimate of drug-likeness (QED) is 0.911. The van der Waals surface area contributed by atoms with E-state index in [-0.39, 0.29) is 0 Å². The molecule has 1 heterocycles. The van der Waals surface area contributed by atoms with E-state index in [9.17, 15) is 8.78 Å². The standard InChI is InChI=1S/C13H15F2N3/c1-8(2)6-18-7-12(16)13(17-18)9-3-10(14)5-11(15)4-9/h3-5,7-8H,6,16H2,1-2H3. The van der Waals surface area contributed by atoms with Gasteiger partial charge in [0.15, 0.2) is 0 Å². The van der Waals surface area contributed by atoms with Crippen molar-refractivity contribution in [2.24, 2.45) is 5.92 Å². The molecule has 2 rings (SSSR count). The first-order valence-corrected chi connectivity index (χ1v) is 5.75. The van der Waals surface area contributed by atoms with Gasteiger partial charge in [-0.15, -0.1) is 0 Å². The van der Waals surface area contributed by atoms with Crippen LogP contribution >= 0.6 is 0 Å². The molecule has 0 aliphatic rings. The van der Waals surface area contributed by atoms with Gasteiger partial charge in [-0.05, 0) is 18.1 Å². The highest BCUT2D eigenvalue weighted by molar-refractivity contribution is 5.71. The smallest absolute Gasteiger partial charge is 0.126 e. The van der Waals surface area contributed by atoms with Gasteiger partial charge >= 0.3 is 0 Å². The maximum Gasteiger partial charge on any atom is 0.126 e. The lowest BCUT2D eigenvalue weighted by Crippen LogP contribution is -2.04. The first-order chi connectivity index (χ1) is 8.45. The lowest BCUT2D eigenvalue weighted by molar-refractivity contribution is 0.484. The Morgan fingerprint density at radius 1 is 1.22 bits per heavy atom. The van der Waals surface area contributed by atoms with Crippen LogP contribution in [0.25, 0.3) is 11.3 Å². The zero-order valence-electron chi connectivity index (χ0n) is 10.3. The van der Waals surface area contributed by atoms with E-state index in [1.54, 1.807) is 10.9 Å². The third-order valence-corrected chi connectivity index (χ3v) is 2.48. The number of aromatic nitrogens is 2. The molecule has 2 aromatic rings. The maximum absolute atomic E-state index is 13.1. The van der Waals surface area contributed by atoms with Gasteiger partial charge in [-0.2, -0.15) is 5.10 Å². The van der Waals surface area contributed by atoms with Crippen molar-refractivity contribution in [3.63, 3.8) is 0 Å². The van der Waals surface area contributed by atoms with Crippen LogP contribution in [0.1, 0.15) is 13.8 Å². The number of anilines is 1. The van der Waals surface area contributed by atoms with Crippen LogP contribution in [0, 0.1) is 17.6 Å². The molecule has 0 bridgehead atoms. The van der Waals surface area contributed by atoms with Gasteiger partial charge in [0.2, 0.25) is 0 Å². The highest BCUT2D eigenvalue weighted by Crippen LogP contribution is 2.25. The summed E-state index contributed by atoms with van der Waals surface area (Å²) in [7, 11) is 0. The Bertz CT molecular complexity index is 541. The van der Waals surface area contributed by atoms with Crippen molar-refractivity contribution in [2.45, 2.75) is 20.4 Å². The Kier molecular flexibility index (Phi) is 3.32. The Labute approximate surface area is 104 Å². The van der Waals surface area contributed by atoms with Crippen molar-refractivity contribution in [3.8, 4) is 11.3 Å². The summed E-state index contributed by atoms with van der Waals surface area (Å²) >= 11 is 0. The minimum Gasteiger partial charge on any atom is -0.396 e. The Balaban J connectivity index is 2.41. The minimum atomic E-state index is -0.636. The number of halogens is 2. The Morgan fingerprint density at radius 2 is 1.83 bits per heavy atom. The lowest BCUT2D eigenvalue weighted by Gasteiger charge is -2.03. The van der Waals surface area contributed by atoms with Crippen LogP contribution in [0.2, 0.25) is 0 Å². The van der Waals surface area contributed by atoms with Gasteiger partial charge in [-0.1, -0.05) is 13.8 Å². The minimum absolute atomic E-state index is 0.354. The van der Waals surface area contributed by atoms with E-state index in [1.165, 1.54) is 12.1 Å². The molecule has 0 atom stereocenters. The fraction of sp³-hybridized carbons (Fsp3) is 0.308. The summed E-state index contributed by atoms with van der Waals surface area (Å²) in [6.45, 7) is 4.82. The van der Waals surface area contributed by atoms with Crippen LogP contribution in [-0.2, 0) is 6.54 Å². The van der Waals surface area contributed by atoms with Crippen LogP contribution in [0.15, 0.2) is 24.4 Å². The average Bonchev–Trinajstić information content (AvgIpc) is 2.56. The molecule has 5 heteroatoms. The highest BCUT2D eigenvalue weighted by atomic mass is 19.1. The molecule has 96 valence electrons. The van der Waals surface area contributed by atoms with Crippen LogP contribution < -0.4 is 5.73 Å². The van der Waals surface area contributed by atoms with E-state index in [1.807, 2.05) is 0 Å². The molecule has 0 amide bonds. The van der Waals surface area contributed by atoms with Crippen molar-refractivity contribution in [2.75, 3.05) is 5.73 Å². The van der Waals surface area contributed by atoms with Gasteiger partial charge in [0.1, 0.15) is 17.3 Å². The first-order valence-electron chi connectivity index (χ1n) is 5.75. The summed E-state index contributed by atoms with van der Waals surface area (Å²) < 4.78 is 28.0. The van der Waals surface area contributed by atoms with Crippen molar-refractivity contribution in [1.82, 2.24) is 9.78 Å². The van der Waals surface area contributed by atoms with Gasteiger partial charge in [-0.3, -0.25) is 4.68 Å². The van der Waals surface area contributed by atoms with Crippen molar-refractivity contribution >= 4 is 5.69 Å². The van der Waals surface area contributed by atoms with Gasteiger partial charge in [0.25, 0.3) is 0 Å². The topological polar surface area (TPSA) is 43.8 Å². The predicted molar refractivity (Wildman–Crippen MR) is 66.8 cm³/mol. The van der Waals surface area contributed by atoms with E-state index in [4.69, 9.17) is 5.73 Å². The van der Waals surface area contributed by atoms with Gasteiger partial charge in [0, 0.05) is 24.4 Å². The zero-order valence-corrected chi connectivity index (χ0v) is 10.3. The molecule has 3 nitrogen and oxygen atoms in total. The van der Waals surface area contributed by atoms with E-state index in [0.717, 1.165) is 6.07 Å². The van der Waals surface area contributed by atoms with E-state index in [2.05, 4.69) is 18.9 Å². The maximum atomic E-state index is 13.1. The summed E-state index contributed by atoms with van der Waals surface area (Å²) in [5.74, 6) is -0.855.